The van der Waals surface area contributed by atoms with E-state index in [0.717, 1.165) is 19.4 Å². The lowest BCUT2D eigenvalue weighted by Crippen LogP contribution is -2.22. The number of rotatable bonds is 7. The molecular weight excluding hydrogens is 212 g/mol. The SMILES string of the molecule is CCCCCCCC#CCOC1CCCCO1. The summed E-state index contributed by atoms with van der Waals surface area (Å²) in [7, 11) is 0. The summed E-state index contributed by atoms with van der Waals surface area (Å²) in [5.74, 6) is 6.24. The van der Waals surface area contributed by atoms with Gasteiger partial charge in [-0.05, 0) is 25.7 Å². The molecule has 0 amide bonds. The normalized spacial score (nSPS) is 19.7. The molecule has 1 aliphatic rings. The Morgan fingerprint density at radius 3 is 2.76 bits per heavy atom. The highest BCUT2D eigenvalue weighted by Crippen LogP contribution is 2.13. The van der Waals surface area contributed by atoms with Crippen LogP contribution in [0.2, 0.25) is 0 Å². The molecule has 0 aromatic rings. The molecule has 2 heteroatoms. The maximum atomic E-state index is 5.53. The molecule has 1 aliphatic heterocycles. The first-order chi connectivity index (χ1) is 8.43. The molecule has 98 valence electrons. The highest BCUT2D eigenvalue weighted by Gasteiger charge is 2.12. The smallest absolute Gasteiger partial charge is 0.158 e. The molecule has 1 rings (SSSR count). The van der Waals surface area contributed by atoms with Gasteiger partial charge in [0.05, 0.1) is 0 Å². The summed E-state index contributed by atoms with van der Waals surface area (Å²) in [6, 6.07) is 0. The zero-order valence-electron chi connectivity index (χ0n) is 11.2. The average molecular weight is 238 g/mol. The summed E-state index contributed by atoms with van der Waals surface area (Å²) >= 11 is 0. The Kier molecular flexibility index (Phi) is 9.09. The van der Waals surface area contributed by atoms with E-state index in [1.54, 1.807) is 0 Å². The van der Waals surface area contributed by atoms with E-state index in [1.807, 2.05) is 0 Å². The van der Waals surface area contributed by atoms with Gasteiger partial charge < -0.3 is 9.47 Å². The predicted molar refractivity (Wildman–Crippen MR) is 70.7 cm³/mol. The number of hydrogen-bond donors (Lipinski definition) is 0. The topological polar surface area (TPSA) is 18.5 Å². The first-order valence-corrected chi connectivity index (χ1v) is 7.12. The molecule has 2 nitrogen and oxygen atoms in total. The van der Waals surface area contributed by atoms with E-state index in [9.17, 15) is 0 Å². The summed E-state index contributed by atoms with van der Waals surface area (Å²) in [5.41, 5.74) is 0. The average Bonchev–Trinajstić information content (AvgIpc) is 2.38. The van der Waals surface area contributed by atoms with Crippen LogP contribution in [0.25, 0.3) is 0 Å². The highest BCUT2D eigenvalue weighted by atomic mass is 16.7. The summed E-state index contributed by atoms with van der Waals surface area (Å²) in [6.07, 6.45) is 11.0. The third-order valence-corrected chi connectivity index (χ3v) is 3.01. The van der Waals surface area contributed by atoms with Gasteiger partial charge in [-0.2, -0.15) is 0 Å². The van der Waals surface area contributed by atoms with Crippen LogP contribution < -0.4 is 0 Å². The van der Waals surface area contributed by atoms with E-state index in [2.05, 4.69) is 18.8 Å². The Bertz CT molecular complexity index is 221. The van der Waals surface area contributed by atoms with Crippen LogP contribution in [-0.4, -0.2) is 19.5 Å². The predicted octanol–water partition coefficient (Wildman–Crippen LogP) is 3.89. The van der Waals surface area contributed by atoms with Gasteiger partial charge in [0.1, 0.15) is 6.61 Å². The Morgan fingerprint density at radius 2 is 2.00 bits per heavy atom. The molecule has 0 aromatic heterocycles. The maximum Gasteiger partial charge on any atom is 0.158 e. The lowest BCUT2D eigenvalue weighted by molar-refractivity contribution is -0.154. The molecule has 1 unspecified atom stereocenters. The van der Waals surface area contributed by atoms with Crippen LogP contribution >= 0.6 is 0 Å². The Morgan fingerprint density at radius 1 is 1.12 bits per heavy atom. The highest BCUT2D eigenvalue weighted by molar-refractivity contribution is 4.98. The van der Waals surface area contributed by atoms with Crippen LogP contribution in [0.1, 0.15) is 64.7 Å². The van der Waals surface area contributed by atoms with Crippen molar-refractivity contribution in [3.05, 3.63) is 0 Å². The fourth-order valence-electron chi connectivity index (χ4n) is 1.93. The molecular formula is C15H26O2. The third-order valence-electron chi connectivity index (χ3n) is 3.01. The molecule has 1 saturated heterocycles. The van der Waals surface area contributed by atoms with Crippen LogP contribution in [0, 0.1) is 11.8 Å². The lowest BCUT2D eigenvalue weighted by atomic mass is 10.1. The van der Waals surface area contributed by atoms with Gasteiger partial charge in [0.15, 0.2) is 6.29 Å². The first kappa shape index (κ1) is 14.5. The summed E-state index contributed by atoms with van der Waals surface area (Å²) in [6.45, 7) is 3.61. The van der Waals surface area contributed by atoms with E-state index >= 15 is 0 Å². The zero-order chi connectivity index (χ0) is 12.2. The van der Waals surface area contributed by atoms with Crippen molar-refractivity contribution in [3.63, 3.8) is 0 Å². The molecule has 0 N–H and O–H groups in total. The Hall–Kier alpha value is -0.520. The van der Waals surface area contributed by atoms with Crippen molar-refractivity contribution < 1.29 is 9.47 Å². The molecule has 1 fully saturated rings. The molecule has 0 aliphatic carbocycles. The quantitative estimate of drug-likeness (QED) is 0.495. The van der Waals surface area contributed by atoms with Crippen LogP contribution in [0.4, 0.5) is 0 Å². The molecule has 0 radical (unpaired) electrons. The van der Waals surface area contributed by atoms with Gasteiger partial charge in [-0.1, -0.05) is 38.5 Å². The summed E-state index contributed by atoms with van der Waals surface area (Å²) < 4.78 is 11.0. The van der Waals surface area contributed by atoms with Crippen molar-refractivity contribution in [2.45, 2.75) is 71.0 Å². The largest absolute Gasteiger partial charge is 0.353 e. The Labute approximate surface area is 106 Å². The molecule has 1 atom stereocenters. The van der Waals surface area contributed by atoms with Gasteiger partial charge in [0.2, 0.25) is 0 Å². The van der Waals surface area contributed by atoms with Crippen molar-refractivity contribution in [2.75, 3.05) is 13.2 Å². The Balaban J connectivity index is 1.88. The van der Waals surface area contributed by atoms with Crippen LogP contribution in [0.5, 0.6) is 0 Å². The third kappa shape index (κ3) is 8.24. The molecule has 0 aromatic carbocycles. The van der Waals surface area contributed by atoms with Gasteiger partial charge in [0, 0.05) is 13.0 Å². The second-order valence-electron chi connectivity index (χ2n) is 4.62. The van der Waals surface area contributed by atoms with Crippen molar-refractivity contribution in [1.29, 1.82) is 0 Å². The second-order valence-corrected chi connectivity index (χ2v) is 4.62. The van der Waals surface area contributed by atoms with E-state index in [0.29, 0.717) is 6.61 Å². The fourth-order valence-corrected chi connectivity index (χ4v) is 1.93. The van der Waals surface area contributed by atoms with Crippen molar-refractivity contribution in [2.24, 2.45) is 0 Å². The van der Waals surface area contributed by atoms with Gasteiger partial charge in [0.25, 0.3) is 0 Å². The molecule has 0 bridgehead atoms. The first-order valence-electron chi connectivity index (χ1n) is 7.12. The summed E-state index contributed by atoms with van der Waals surface area (Å²) in [4.78, 5) is 0. The van der Waals surface area contributed by atoms with Crippen LogP contribution in [-0.2, 0) is 9.47 Å². The van der Waals surface area contributed by atoms with Crippen molar-refractivity contribution >= 4 is 0 Å². The summed E-state index contributed by atoms with van der Waals surface area (Å²) in [5, 5.41) is 0. The monoisotopic (exact) mass is 238 g/mol. The van der Waals surface area contributed by atoms with Crippen molar-refractivity contribution in [1.82, 2.24) is 0 Å². The maximum absolute atomic E-state index is 5.53. The standard InChI is InChI=1S/C15H26O2/c1-2-3-4-5-6-7-8-10-13-16-15-12-9-11-14-17-15/h15H,2-7,9,11-14H2,1H3. The lowest BCUT2D eigenvalue weighted by Gasteiger charge is -2.21. The minimum Gasteiger partial charge on any atom is -0.353 e. The van der Waals surface area contributed by atoms with Gasteiger partial charge in [-0.25, -0.2) is 0 Å². The van der Waals surface area contributed by atoms with Gasteiger partial charge in [-0.3, -0.25) is 0 Å². The van der Waals surface area contributed by atoms with Crippen LogP contribution in [0.3, 0.4) is 0 Å². The van der Waals surface area contributed by atoms with E-state index < -0.39 is 0 Å². The van der Waals surface area contributed by atoms with E-state index in [-0.39, 0.29) is 6.29 Å². The van der Waals surface area contributed by atoms with Crippen molar-refractivity contribution in [3.8, 4) is 11.8 Å². The minimum atomic E-state index is 0.00241. The minimum absolute atomic E-state index is 0.00241. The van der Waals surface area contributed by atoms with E-state index in [4.69, 9.17) is 9.47 Å². The number of ether oxygens (including phenoxy) is 2. The van der Waals surface area contributed by atoms with Gasteiger partial charge >= 0.3 is 0 Å². The molecule has 17 heavy (non-hydrogen) atoms. The fraction of sp³-hybridized carbons (Fsp3) is 0.867. The molecule has 0 saturated carbocycles. The van der Waals surface area contributed by atoms with Gasteiger partial charge in [-0.15, -0.1) is 5.92 Å². The van der Waals surface area contributed by atoms with Crippen LogP contribution in [0.15, 0.2) is 0 Å². The number of unbranched alkanes of at least 4 members (excludes halogenated alkanes) is 5. The molecule has 0 spiro atoms. The zero-order valence-corrected chi connectivity index (χ0v) is 11.2. The molecule has 1 heterocycles. The second kappa shape index (κ2) is 10.6. The van der Waals surface area contributed by atoms with E-state index in [1.165, 1.54) is 44.9 Å². The number of hydrogen-bond acceptors (Lipinski definition) is 2.